The smallest absolute Gasteiger partial charge is 0.161 e. The van der Waals surface area contributed by atoms with Crippen LogP contribution in [0.3, 0.4) is 0 Å². The summed E-state index contributed by atoms with van der Waals surface area (Å²) in [6.45, 7) is 6.99. The summed E-state index contributed by atoms with van der Waals surface area (Å²) in [5, 5.41) is 4.62. The van der Waals surface area contributed by atoms with Gasteiger partial charge in [-0.15, -0.1) is 0 Å². The lowest BCUT2D eigenvalue weighted by Crippen LogP contribution is -2.53. The molecule has 0 amide bonds. The van der Waals surface area contributed by atoms with E-state index in [1.807, 2.05) is 17.0 Å². The fourth-order valence-corrected chi connectivity index (χ4v) is 2.69. The lowest BCUT2D eigenvalue weighted by atomic mass is 9.92. The van der Waals surface area contributed by atoms with Crippen LogP contribution in [0.5, 0.6) is 0 Å². The monoisotopic (exact) mass is 333 g/mol. The van der Waals surface area contributed by atoms with Crippen LogP contribution >= 0.6 is 11.6 Å². The maximum Gasteiger partial charge on any atom is 0.161 e. The number of halogens is 1. The van der Waals surface area contributed by atoms with Crippen LogP contribution in [0.1, 0.15) is 38.6 Å². The van der Waals surface area contributed by atoms with E-state index in [1.54, 1.807) is 12.3 Å². The van der Waals surface area contributed by atoms with Gasteiger partial charge in [0, 0.05) is 24.2 Å². The number of hydrogen-bond acceptors (Lipinski definition) is 5. The Balaban J connectivity index is 1.66. The summed E-state index contributed by atoms with van der Waals surface area (Å²) in [4.78, 5) is 18.8. The Morgan fingerprint density at radius 1 is 1.43 bits per heavy atom. The van der Waals surface area contributed by atoms with Crippen molar-refractivity contribution in [2.75, 3.05) is 11.4 Å². The molecule has 0 aliphatic carbocycles. The molecule has 5 nitrogen and oxygen atoms in total. The molecule has 2 aromatic heterocycles. The van der Waals surface area contributed by atoms with Gasteiger partial charge in [0.25, 0.3) is 0 Å². The Bertz CT molecular complexity index is 703. The van der Waals surface area contributed by atoms with Crippen LogP contribution in [-0.2, 0) is 16.6 Å². The van der Waals surface area contributed by atoms with Crippen molar-refractivity contribution in [1.29, 1.82) is 0 Å². The van der Waals surface area contributed by atoms with Gasteiger partial charge in [-0.1, -0.05) is 37.5 Å². The van der Waals surface area contributed by atoms with Gasteiger partial charge in [-0.25, -0.2) is 4.98 Å². The molecule has 1 atom stereocenters. The first-order valence-electron chi connectivity index (χ1n) is 7.71. The summed E-state index contributed by atoms with van der Waals surface area (Å²) in [6.07, 6.45) is 2.73. The van der Waals surface area contributed by atoms with Crippen LogP contribution in [0.25, 0.3) is 0 Å². The van der Waals surface area contributed by atoms with E-state index in [1.165, 1.54) is 0 Å². The van der Waals surface area contributed by atoms with Crippen molar-refractivity contribution >= 4 is 23.2 Å². The summed E-state index contributed by atoms with van der Waals surface area (Å²) >= 11 is 5.86. The molecule has 0 bridgehead atoms. The molecule has 122 valence electrons. The van der Waals surface area contributed by atoms with Crippen molar-refractivity contribution in [1.82, 2.24) is 10.1 Å². The van der Waals surface area contributed by atoms with E-state index in [0.717, 1.165) is 24.5 Å². The van der Waals surface area contributed by atoms with Crippen molar-refractivity contribution in [3.63, 3.8) is 0 Å². The molecule has 0 N–H and O–H groups in total. The Labute approximate surface area is 140 Å². The number of ketones is 1. The average Bonchev–Trinajstić information content (AvgIpc) is 2.88. The van der Waals surface area contributed by atoms with Gasteiger partial charge >= 0.3 is 0 Å². The van der Waals surface area contributed by atoms with Gasteiger partial charge in [-0.05, 0) is 18.6 Å². The van der Waals surface area contributed by atoms with Crippen LogP contribution in [0.2, 0.25) is 5.02 Å². The summed E-state index contributed by atoms with van der Waals surface area (Å²) in [7, 11) is 0. The van der Waals surface area contributed by atoms with Gasteiger partial charge in [0.05, 0.1) is 23.2 Å². The lowest BCUT2D eigenvalue weighted by molar-refractivity contribution is -0.121. The Hall–Kier alpha value is -1.88. The number of rotatable bonds is 4. The number of Topliss-reactive ketones (excluding diaryl/α,β-unsaturated/α-hetero) is 1. The van der Waals surface area contributed by atoms with Crippen LogP contribution in [0, 0.1) is 0 Å². The molecule has 0 spiro atoms. The standard InChI is InChI=1S/C17H20ClN3O2/c1-17(2,3)15-9-12(20-23-15)8-14(22)13-6-7-21(13)16-5-4-11(18)10-19-16/h4-5,9-10,13H,6-8H2,1-3H3/t13-/m0/s1. The van der Waals surface area contributed by atoms with E-state index in [4.69, 9.17) is 16.1 Å². The first-order valence-corrected chi connectivity index (χ1v) is 8.09. The molecule has 3 heterocycles. The second-order valence-corrected chi connectivity index (χ2v) is 7.34. The predicted molar refractivity (Wildman–Crippen MR) is 88.9 cm³/mol. The Morgan fingerprint density at radius 3 is 2.74 bits per heavy atom. The zero-order chi connectivity index (χ0) is 16.6. The molecule has 6 heteroatoms. The van der Waals surface area contributed by atoms with Gasteiger partial charge in [0.2, 0.25) is 0 Å². The third kappa shape index (κ3) is 3.39. The van der Waals surface area contributed by atoms with Gasteiger partial charge in [0.1, 0.15) is 11.6 Å². The molecule has 1 saturated heterocycles. The SMILES string of the molecule is CC(C)(C)c1cc(CC(=O)[C@@H]2CCN2c2ccc(Cl)cn2)no1. The number of anilines is 1. The maximum absolute atomic E-state index is 12.5. The minimum Gasteiger partial charge on any atom is -0.361 e. The predicted octanol–water partition coefficient (Wildman–Crippen LogP) is 3.41. The van der Waals surface area contributed by atoms with Crippen molar-refractivity contribution in [2.24, 2.45) is 0 Å². The van der Waals surface area contributed by atoms with E-state index in [-0.39, 0.29) is 23.7 Å². The summed E-state index contributed by atoms with van der Waals surface area (Å²) in [5.41, 5.74) is 0.583. The van der Waals surface area contributed by atoms with Crippen molar-refractivity contribution in [3.05, 3.63) is 40.9 Å². The first-order chi connectivity index (χ1) is 10.8. The second-order valence-electron chi connectivity index (χ2n) is 6.91. The van der Waals surface area contributed by atoms with E-state index in [2.05, 4.69) is 30.9 Å². The number of hydrogen-bond donors (Lipinski definition) is 0. The van der Waals surface area contributed by atoms with E-state index >= 15 is 0 Å². The first kappa shape index (κ1) is 16.0. The average molecular weight is 334 g/mol. The largest absolute Gasteiger partial charge is 0.361 e. The molecule has 0 radical (unpaired) electrons. The van der Waals surface area contributed by atoms with Crippen molar-refractivity contribution in [3.8, 4) is 0 Å². The third-order valence-electron chi connectivity index (χ3n) is 4.05. The van der Waals surface area contributed by atoms with Crippen LogP contribution in [0.4, 0.5) is 5.82 Å². The highest BCUT2D eigenvalue weighted by molar-refractivity contribution is 6.30. The minimum absolute atomic E-state index is 0.107. The molecular weight excluding hydrogens is 314 g/mol. The fraction of sp³-hybridized carbons (Fsp3) is 0.471. The maximum atomic E-state index is 12.5. The number of carbonyl (C=O) groups is 1. The van der Waals surface area contributed by atoms with E-state index < -0.39 is 0 Å². The highest BCUT2D eigenvalue weighted by Gasteiger charge is 2.35. The molecule has 0 aromatic carbocycles. The Kier molecular flexibility index (Phi) is 4.15. The van der Waals surface area contributed by atoms with Gasteiger partial charge < -0.3 is 9.42 Å². The molecule has 2 aromatic rings. The van der Waals surface area contributed by atoms with Crippen LogP contribution in [0.15, 0.2) is 28.9 Å². The summed E-state index contributed by atoms with van der Waals surface area (Å²) in [6, 6.07) is 5.37. The molecule has 3 rings (SSSR count). The summed E-state index contributed by atoms with van der Waals surface area (Å²) < 4.78 is 5.34. The zero-order valence-corrected chi connectivity index (χ0v) is 14.3. The highest BCUT2D eigenvalue weighted by Crippen LogP contribution is 2.27. The number of nitrogens with zero attached hydrogens (tertiary/aromatic N) is 3. The molecule has 23 heavy (non-hydrogen) atoms. The van der Waals surface area contributed by atoms with Gasteiger partial charge in [-0.2, -0.15) is 0 Å². The second kappa shape index (κ2) is 5.96. The molecule has 0 saturated carbocycles. The van der Waals surface area contributed by atoms with Gasteiger partial charge in [0.15, 0.2) is 5.78 Å². The van der Waals surface area contributed by atoms with E-state index in [0.29, 0.717) is 10.7 Å². The number of pyridine rings is 1. The van der Waals surface area contributed by atoms with Crippen LogP contribution < -0.4 is 4.90 Å². The third-order valence-corrected chi connectivity index (χ3v) is 4.27. The fourth-order valence-electron chi connectivity index (χ4n) is 2.58. The summed E-state index contributed by atoms with van der Waals surface area (Å²) in [5.74, 6) is 1.72. The molecular formula is C17H20ClN3O2. The normalized spacial score (nSPS) is 17.9. The van der Waals surface area contributed by atoms with Crippen molar-refractivity contribution in [2.45, 2.75) is 45.1 Å². The minimum atomic E-state index is -0.140. The van der Waals surface area contributed by atoms with Crippen molar-refractivity contribution < 1.29 is 9.32 Å². The lowest BCUT2D eigenvalue weighted by Gasteiger charge is -2.40. The zero-order valence-electron chi connectivity index (χ0n) is 13.5. The van der Waals surface area contributed by atoms with Crippen LogP contribution in [-0.4, -0.2) is 28.5 Å². The quantitative estimate of drug-likeness (QED) is 0.858. The highest BCUT2D eigenvalue weighted by atomic mass is 35.5. The topological polar surface area (TPSA) is 59.2 Å². The van der Waals surface area contributed by atoms with Gasteiger partial charge in [-0.3, -0.25) is 4.79 Å². The Morgan fingerprint density at radius 2 is 2.22 bits per heavy atom. The molecule has 1 aliphatic heterocycles. The molecule has 1 aliphatic rings. The number of aromatic nitrogens is 2. The molecule has 0 unspecified atom stereocenters. The van der Waals surface area contributed by atoms with E-state index in [9.17, 15) is 4.79 Å². The molecule has 1 fully saturated rings. The number of carbonyl (C=O) groups excluding carboxylic acids is 1.